The molecule has 2 aromatic carbocycles. The molecule has 3 heterocycles. The van der Waals surface area contributed by atoms with Crippen molar-refractivity contribution in [3.05, 3.63) is 47.5 Å². The van der Waals surface area contributed by atoms with Crippen molar-refractivity contribution in [2.24, 2.45) is 11.8 Å². The molecule has 0 radical (unpaired) electrons. The number of rotatable bonds is 4. The molecular formula is C21H22O6. The van der Waals surface area contributed by atoms with E-state index in [1.54, 1.807) is 14.2 Å². The quantitative estimate of drug-likeness (QED) is 0.821. The predicted octanol–water partition coefficient (Wildman–Crippen LogP) is 3.51. The lowest BCUT2D eigenvalue weighted by molar-refractivity contribution is 0.0191. The summed E-state index contributed by atoms with van der Waals surface area (Å²) in [5.41, 5.74) is 2.21. The van der Waals surface area contributed by atoms with E-state index >= 15 is 0 Å². The van der Waals surface area contributed by atoms with E-state index in [4.69, 9.17) is 28.4 Å². The fourth-order valence-corrected chi connectivity index (χ4v) is 4.35. The second-order valence-electron chi connectivity index (χ2n) is 7.06. The monoisotopic (exact) mass is 370 g/mol. The van der Waals surface area contributed by atoms with Crippen LogP contribution >= 0.6 is 0 Å². The van der Waals surface area contributed by atoms with Crippen LogP contribution < -0.4 is 18.9 Å². The van der Waals surface area contributed by atoms with E-state index in [0.717, 1.165) is 28.4 Å². The Morgan fingerprint density at radius 3 is 2.07 bits per heavy atom. The van der Waals surface area contributed by atoms with Gasteiger partial charge in [-0.15, -0.1) is 0 Å². The van der Waals surface area contributed by atoms with Crippen LogP contribution in [-0.2, 0) is 9.47 Å². The summed E-state index contributed by atoms with van der Waals surface area (Å²) in [6.07, 6.45) is 0.00320. The number of hydrogen-bond donors (Lipinski definition) is 0. The molecule has 3 aliphatic heterocycles. The van der Waals surface area contributed by atoms with Gasteiger partial charge in [-0.1, -0.05) is 12.1 Å². The molecule has 2 aromatic rings. The van der Waals surface area contributed by atoms with Gasteiger partial charge in [0, 0.05) is 11.8 Å². The Hall–Kier alpha value is -2.44. The summed E-state index contributed by atoms with van der Waals surface area (Å²) < 4.78 is 34.1. The fourth-order valence-electron chi connectivity index (χ4n) is 4.35. The van der Waals surface area contributed by atoms with Crippen molar-refractivity contribution in [3.63, 3.8) is 0 Å². The van der Waals surface area contributed by atoms with Gasteiger partial charge in [-0.2, -0.15) is 0 Å². The topological polar surface area (TPSA) is 55.4 Å². The van der Waals surface area contributed by atoms with E-state index in [9.17, 15) is 0 Å². The van der Waals surface area contributed by atoms with Crippen LogP contribution in [0, 0.1) is 11.8 Å². The summed E-state index contributed by atoms with van der Waals surface area (Å²) >= 11 is 0. The van der Waals surface area contributed by atoms with Gasteiger partial charge in [-0.3, -0.25) is 0 Å². The summed E-state index contributed by atoms with van der Waals surface area (Å²) in [5, 5.41) is 0. The van der Waals surface area contributed by atoms with Crippen molar-refractivity contribution in [2.45, 2.75) is 12.2 Å². The van der Waals surface area contributed by atoms with E-state index in [1.165, 1.54) is 0 Å². The molecule has 27 heavy (non-hydrogen) atoms. The van der Waals surface area contributed by atoms with Gasteiger partial charge in [0.05, 0.1) is 39.6 Å². The number of ether oxygens (including phenoxy) is 6. The van der Waals surface area contributed by atoms with Gasteiger partial charge >= 0.3 is 0 Å². The number of benzene rings is 2. The molecule has 0 aromatic heterocycles. The Morgan fingerprint density at radius 1 is 0.741 bits per heavy atom. The number of methoxy groups -OCH3 is 2. The van der Waals surface area contributed by atoms with Crippen LogP contribution in [0.3, 0.4) is 0 Å². The van der Waals surface area contributed by atoms with Gasteiger partial charge in [-0.25, -0.2) is 0 Å². The maximum Gasteiger partial charge on any atom is 0.231 e. The zero-order chi connectivity index (χ0) is 18.4. The van der Waals surface area contributed by atoms with E-state index in [1.807, 2.05) is 30.3 Å². The molecule has 2 fully saturated rings. The summed E-state index contributed by atoms with van der Waals surface area (Å²) in [4.78, 5) is 0. The normalized spacial score (nSPS) is 28.2. The molecule has 6 heteroatoms. The highest BCUT2D eigenvalue weighted by molar-refractivity contribution is 5.46. The molecule has 142 valence electrons. The van der Waals surface area contributed by atoms with Crippen LogP contribution in [-0.4, -0.2) is 34.2 Å². The highest BCUT2D eigenvalue weighted by Crippen LogP contribution is 2.51. The van der Waals surface area contributed by atoms with Crippen molar-refractivity contribution in [1.82, 2.24) is 0 Å². The van der Waals surface area contributed by atoms with Crippen molar-refractivity contribution >= 4 is 0 Å². The molecule has 4 atom stereocenters. The summed E-state index contributed by atoms with van der Waals surface area (Å²) in [7, 11) is 3.29. The van der Waals surface area contributed by atoms with E-state index in [0.29, 0.717) is 30.8 Å². The molecule has 0 spiro atoms. The minimum atomic E-state index is -0.00573. The average molecular weight is 370 g/mol. The molecule has 0 bridgehead atoms. The first-order valence-corrected chi connectivity index (χ1v) is 9.13. The molecule has 5 rings (SSSR count). The summed E-state index contributed by atoms with van der Waals surface area (Å²) in [6, 6.07) is 12.0. The van der Waals surface area contributed by atoms with E-state index < -0.39 is 0 Å². The van der Waals surface area contributed by atoms with Crippen molar-refractivity contribution < 1.29 is 28.4 Å². The van der Waals surface area contributed by atoms with Crippen LogP contribution in [0.15, 0.2) is 36.4 Å². The Balaban J connectivity index is 1.39. The molecule has 1 unspecified atom stereocenters. The Labute approximate surface area is 157 Å². The molecule has 2 saturated heterocycles. The average Bonchev–Trinajstić information content (AvgIpc) is 3.42. The second kappa shape index (κ2) is 6.62. The second-order valence-corrected chi connectivity index (χ2v) is 7.06. The Morgan fingerprint density at radius 2 is 1.37 bits per heavy atom. The lowest BCUT2D eigenvalue weighted by Gasteiger charge is -2.18. The molecular weight excluding hydrogens is 348 g/mol. The lowest BCUT2D eigenvalue weighted by atomic mass is 9.85. The predicted molar refractivity (Wildman–Crippen MR) is 96.5 cm³/mol. The van der Waals surface area contributed by atoms with Crippen LogP contribution in [0.1, 0.15) is 23.3 Å². The largest absolute Gasteiger partial charge is 0.493 e. The van der Waals surface area contributed by atoms with Gasteiger partial charge in [-0.05, 0) is 35.4 Å². The molecule has 3 aliphatic rings. The Kier molecular flexibility index (Phi) is 4.10. The zero-order valence-corrected chi connectivity index (χ0v) is 15.3. The molecule has 0 N–H and O–H groups in total. The number of fused-ring (bicyclic) bond motifs is 2. The standard InChI is InChI=1S/C21H22O6/c1-22-16-5-3-12(7-18(16)23-2)20-14-9-25-21(15(14)10-24-20)13-4-6-17-19(8-13)27-11-26-17/h3-8,14-15,20-21H,9-11H2,1-2H3/t14?,15-,20-,21+/m0/s1. The lowest BCUT2D eigenvalue weighted by Crippen LogP contribution is -2.14. The number of hydrogen-bond acceptors (Lipinski definition) is 6. The molecule has 0 saturated carbocycles. The van der Waals surface area contributed by atoms with Crippen molar-refractivity contribution in [2.75, 3.05) is 34.2 Å². The highest BCUT2D eigenvalue weighted by Gasteiger charge is 2.48. The van der Waals surface area contributed by atoms with Gasteiger partial charge in [0.2, 0.25) is 6.79 Å². The third-order valence-corrected chi connectivity index (χ3v) is 5.73. The fraction of sp³-hybridized carbons (Fsp3) is 0.429. The summed E-state index contributed by atoms with van der Waals surface area (Å²) in [6.45, 7) is 1.62. The molecule has 6 nitrogen and oxygen atoms in total. The van der Waals surface area contributed by atoms with Crippen molar-refractivity contribution in [3.8, 4) is 23.0 Å². The maximum absolute atomic E-state index is 6.19. The maximum atomic E-state index is 6.19. The van der Waals surface area contributed by atoms with Crippen LogP contribution in [0.4, 0.5) is 0 Å². The van der Waals surface area contributed by atoms with Crippen molar-refractivity contribution in [1.29, 1.82) is 0 Å². The van der Waals surface area contributed by atoms with Crippen LogP contribution in [0.2, 0.25) is 0 Å². The zero-order valence-electron chi connectivity index (χ0n) is 15.3. The smallest absolute Gasteiger partial charge is 0.231 e. The van der Waals surface area contributed by atoms with Gasteiger partial charge in [0.25, 0.3) is 0 Å². The van der Waals surface area contributed by atoms with Gasteiger partial charge in [0.1, 0.15) is 0 Å². The third-order valence-electron chi connectivity index (χ3n) is 5.73. The minimum absolute atomic E-state index is 0.00573. The highest BCUT2D eigenvalue weighted by atomic mass is 16.7. The third kappa shape index (κ3) is 2.71. The minimum Gasteiger partial charge on any atom is -0.493 e. The van der Waals surface area contributed by atoms with E-state index in [-0.39, 0.29) is 19.0 Å². The molecule has 0 aliphatic carbocycles. The summed E-state index contributed by atoms with van der Waals surface area (Å²) in [5.74, 6) is 3.63. The Bertz CT molecular complexity index is 851. The first-order chi connectivity index (χ1) is 13.3. The van der Waals surface area contributed by atoms with Gasteiger partial charge < -0.3 is 28.4 Å². The van der Waals surface area contributed by atoms with Crippen LogP contribution in [0.25, 0.3) is 0 Å². The molecule has 0 amide bonds. The first-order valence-electron chi connectivity index (χ1n) is 9.13. The first kappa shape index (κ1) is 16.7. The van der Waals surface area contributed by atoms with Gasteiger partial charge in [0.15, 0.2) is 23.0 Å². The van der Waals surface area contributed by atoms with Crippen LogP contribution in [0.5, 0.6) is 23.0 Å². The SMILES string of the molecule is COc1ccc([C@@H]2OC[C@H]3C2CO[C@@H]3c2ccc3c(c2)OCO3)cc1OC. The van der Waals surface area contributed by atoms with E-state index in [2.05, 4.69) is 6.07 Å².